The number of fused-ring (bicyclic) bond motifs is 1. The highest BCUT2D eigenvalue weighted by atomic mass is 19.1. The van der Waals surface area contributed by atoms with Gasteiger partial charge in [-0.2, -0.15) is 10.4 Å². The van der Waals surface area contributed by atoms with Crippen LogP contribution in [0.3, 0.4) is 0 Å². The van der Waals surface area contributed by atoms with Gasteiger partial charge in [-0.1, -0.05) is 12.1 Å². The second-order valence-corrected chi connectivity index (χ2v) is 10.8. The van der Waals surface area contributed by atoms with Crippen LogP contribution in [0.1, 0.15) is 55.1 Å². The SMILES string of the molecule is CC(=O)NC1(c2ccc(Nc3cc(-c4ccc5cc(C#N)cnn45)ncc3C(=O)NCC(F)C(C)(C)O)cc2)CC1. The monoisotopic (exact) mass is 555 g/mol. The van der Waals surface area contributed by atoms with Crippen LogP contribution in [0.2, 0.25) is 0 Å². The Labute approximate surface area is 236 Å². The maximum atomic E-state index is 14.4. The number of carbonyl (C=O) groups is 2. The Morgan fingerprint density at radius 3 is 2.54 bits per heavy atom. The topological polar surface area (TPSA) is 144 Å². The van der Waals surface area contributed by atoms with E-state index in [1.807, 2.05) is 36.4 Å². The molecule has 3 heterocycles. The third-order valence-corrected chi connectivity index (χ3v) is 7.13. The van der Waals surface area contributed by atoms with Gasteiger partial charge in [0.25, 0.3) is 5.91 Å². The van der Waals surface area contributed by atoms with Gasteiger partial charge in [0.15, 0.2) is 0 Å². The van der Waals surface area contributed by atoms with E-state index in [2.05, 4.69) is 32.1 Å². The van der Waals surface area contributed by atoms with Crippen molar-refractivity contribution in [1.29, 1.82) is 5.26 Å². The molecule has 10 nitrogen and oxygen atoms in total. The molecule has 1 unspecified atom stereocenters. The quantitative estimate of drug-likeness (QED) is 0.245. The summed E-state index contributed by atoms with van der Waals surface area (Å²) in [6.07, 6.45) is 2.93. The van der Waals surface area contributed by atoms with E-state index < -0.39 is 17.7 Å². The first kappa shape index (κ1) is 27.7. The zero-order valence-corrected chi connectivity index (χ0v) is 22.9. The average Bonchev–Trinajstić information content (AvgIpc) is 3.59. The highest BCUT2D eigenvalue weighted by Gasteiger charge is 2.44. The lowest BCUT2D eigenvalue weighted by Crippen LogP contribution is -2.42. The molecule has 1 aliphatic carbocycles. The van der Waals surface area contributed by atoms with Crippen molar-refractivity contribution >= 4 is 28.7 Å². The summed E-state index contributed by atoms with van der Waals surface area (Å²) in [5.41, 5.74) is 2.64. The van der Waals surface area contributed by atoms with E-state index in [0.717, 1.165) is 18.4 Å². The minimum absolute atomic E-state index is 0.0824. The molecule has 41 heavy (non-hydrogen) atoms. The molecule has 3 aromatic heterocycles. The van der Waals surface area contributed by atoms with Crippen molar-refractivity contribution in [3.05, 3.63) is 77.6 Å². The normalized spacial score (nSPS) is 14.6. The van der Waals surface area contributed by atoms with E-state index in [0.29, 0.717) is 33.8 Å². The molecule has 0 bridgehead atoms. The molecule has 4 aromatic rings. The molecule has 11 heteroatoms. The van der Waals surface area contributed by atoms with E-state index in [-0.39, 0.29) is 23.6 Å². The molecule has 0 spiro atoms. The van der Waals surface area contributed by atoms with E-state index in [4.69, 9.17) is 0 Å². The number of carbonyl (C=O) groups excluding carboxylic acids is 2. The summed E-state index contributed by atoms with van der Waals surface area (Å²) < 4.78 is 16.0. The van der Waals surface area contributed by atoms with Crippen LogP contribution in [0.5, 0.6) is 0 Å². The number of halogens is 1. The van der Waals surface area contributed by atoms with Crippen LogP contribution in [0, 0.1) is 11.3 Å². The Morgan fingerprint density at radius 2 is 1.90 bits per heavy atom. The first-order valence-electron chi connectivity index (χ1n) is 13.2. The van der Waals surface area contributed by atoms with E-state index in [9.17, 15) is 24.3 Å². The van der Waals surface area contributed by atoms with Crippen LogP contribution >= 0.6 is 0 Å². The Balaban J connectivity index is 1.47. The maximum absolute atomic E-state index is 14.4. The molecule has 1 atom stereocenters. The number of hydrogen-bond donors (Lipinski definition) is 4. The van der Waals surface area contributed by atoms with Gasteiger partial charge < -0.3 is 21.1 Å². The van der Waals surface area contributed by atoms with Gasteiger partial charge in [0.05, 0.1) is 57.6 Å². The largest absolute Gasteiger partial charge is 0.387 e. The molecular weight excluding hydrogens is 525 g/mol. The van der Waals surface area contributed by atoms with Crippen LogP contribution < -0.4 is 16.0 Å². The van der Waals surface area contributed by atoms with Crippen LogP contribution in [0.4, 0.5) is 15.8 Å². The van der Waals surface area contributed by atoms with Crippen LogP contribution in [0.15, 0.2) is 60.9 Å². The van der Waals surface area contributed by atoms with Crippen LogP contribution in [-0.2, 0) is 10.3 Å². The molecule has 5 rings (SSSR count). The lowest BCUT2D eigenvalue weighted by molar-refractivity contribution is -0.120. The summed E-state index contributed by atoms with van der Waals surface area (Å²) in [5, 5.41) is 32.3. The van der Waals surface area contributed by atoms with Crippen molar-refractivity contribution in [1.82, 2.24) is 25.2 Å². The molecule has 210 valence electrons. The lowest BCUT2D eigenvalue weighted by Gasteiger charge is -2.22. The Bertz CT molecular complexity index is 1660. The fourth-order valence-corrected chi connectivity index (χ4v) is 4.64. The zero-order valence-electron chi connectivity index (χ0n) is 22.9. The lowest BCUT2D eigenvalue weighted by atomic mass is 10.0. The van der Waals surface area contributed by atoms with Gasteiger partial charge >= 0.3 is 0 Å². The first-order valence-corrected chi connectivity index (χ1v) is 13.2. The van der Waals surface area contributed by atoms with Crippen molar-refractivity contribution in [3.63, 3.8) is 0 Å². The number of benzene rings is 1. The standard InChI is InChI=1S/C30H30FN7O3/c1-18(39)37-30(10-11-30)20-4-6-21(7-5-20)36-24-13-25(26-9-8-22-12-19(14-32)15-35-38(22)26)33-16-23(24)28(40)34-17-27(31)29(2,3)41/h4-9,12-13,15-16,27,41H,10-11,17H2,1-3H3,(H,33,36)(H,34,40)(H,37,39). The maximum Gasteiger partial charge on any atom is 0.255 e. The summed E-state index contributed by atoms with van der Waals surface area (Å²) in [6.45, 7) is 3.80. The zero-order chi connectivity index (χ0) is 29.4. The fourth-order valence-electron chi connectivity index (χ4n) is 4.64. The number of rotatable bonds is 9. The van der Waals surface area contributed by atoms with Gasteiger partial charge in [0, 0.05) is 18.8 Å². The average molecular weight is 556 g/mol. The summed E-state index contributed by atoms with van der Waals surface area (Å²) in [4.78, 5) is 29.3. The second-order valence-electron chi connectivity index (χ2n) is 10.8. The number of amides is 2. The molecule has 0 radical (unpaired) electrons. The number of alkyl halides is 1. The van der Waals surface area contributed by atoms with Crippen molar-refractivity contribution in [3.8, 4) is 17.5 Å². The number of aromatic nitrogens is 3. The minimum Gasteiger partial charge on any atom is -0.387 e. The third-order valence-electron chi connectivity index (χ3n) is 7.13. The second kappa shape index (κ2) is 10.6. The van der Waals surface area contributed by atoms with E-state index >= 15 is 0 Å². The Hall–Kier alpha value is -4.82. The molecule has 1 fully saturated rings. The van der Waals surface area contributed by atoms with E-state index in [1.165, 1.54) is 33.2 Å². The van der Waals surface area contributed by atoms with Gasteiger partial charge in [-0.15, -0.1) is 0 Å². The third kappa shape index (κ3) is 5.88. The van der Waals surface area contributed by atoms with Crippen molar-refractivity contribution in [2.75, 3.05) is 11.9 Å². The molecule has 1 saturated carbocycles. The number of nitriles is 1. The highest BCUT2D eigenvalue weighted by Crippen LogP contribution is 2.45. The molecule has 0 saturated heterocycles. The van der Waals surface area contributed by atoms with Crippen LogP contribution in [-0.4, -0.2) is 49.8 Å². The van der Waals surface area contributed by atoms with Gasteiger partial charge in [-0.25, -0.2) is 8.91 Å². The minimum atomic E-state index is -1.67. The van der Waals surface area contributed by atoms with Gasteiger partial charge in [0.1, 0.15) is 12.2 Å². The van der Waals surface area contributed by atoms with Gasteiger partial charge in [-0.05, 0) is 68.7 Å². The highest BCUT2D eigenvalue weighted by molar-refractivity contribution is 6.00. The Morgan fingerprint density at radius 1 is 1.17 bits per heavy atom. The Kier molecular flexibility index (Phi) is 7.19. The number of nitrogens with zero attached hydrogens (tertiary/aromatic N) is 4. The van der Waals surface area contributed by atoms with Crippen LogP contribution in [0.25, 0.3) is 16.9 Å². The number of aliphatic hydroxyl groups is 1. The number of nitrogens with one attached hydrogen (secondary N) is 3. The van der Waals surface area contributed by atoms with Gasteiger partial charge in [0.2, 0.25) is 5.91 Å². The molecule has 1 aromatic carbocycles. The number of anilines is 2. The smallest absolute Gasteiger partial charge is 0.255 e. The first-order chi connectivity index (χ1) is 19.5. The van der Waals surface area contributed by atoms with Crippen molar-refractivity contribution in [2.45, 2.75) is 50.9 Å². The van der Waals surface area contributed by atoms with Gasteiger partial charge in [-0.3, -0.25) is 14.6 Å². The molecule has 4 N–H and O–H groups in total. The number of pyridine rings is 1. The summed E-state index contributed by atoms with van der Waals surface area (Å²) in [5.74, 6) is -0.643. The molecule has 2 amide bonds. The predicted molar refractivity (Wildman–Crippen MR) is 151 cm³/mol. The molecule has 0 aliphatic heterocycles. The summed E-state index contributed by atoms with van der Waals surface area (Å²) in [6, 6.07) is 16.7. The fraction of sp³-hybridized carbons (Fsp3) is 0.300. The number of hydrogen-bond acceptors (Lipinski definition) is 7. The predicted octanol–water partition coefficient (Wildman–Crippen LogP) is 3.98. The summed E-state index contributed by atoms with van der Waals surface area (Å²) in [7, 11) is 0. The molecule has 1 aliphatic rings. The molecular formula is C30H30FN7O3. The summed E-state index contributed by atoms with van der Waals surface area (Å²) >= 11 is 0. The van der Waals surface area contributed by atoms with Crippen molar-refractivity contribution in [2.24, 2.45) is 0 Å². The van der Waals surface area contributed by atoms with E-state index in [1.54, 1.807) is 16.6 Å². The van der Waals surface area contributed by atoms with Crippen molar-refractivity contribution < 1.29 is 19.1 Å².